The van der Waals surface area contributed by atoms with E-state index in [0.717, 1.165) is 11.8 Å². The molecule has 0 atom stereocenters. The third-order valence-electron chi connectivity index (χ3n) is 1.11. The normalized spacial score (nSPS) is 16.4. The number of aliphatic hydroxyl groups is 1. The minimum atomic E-state index is -0.0818. The van der Waals surface area contributed by atoms with Gasteiger partial charge in [-0.25, -0.2) is 0 Å². The Labute approximate surface area is 78.4 Å². The molecular weight excluding hydrogens is 192 g/mol. The van der Waals surface area contributed by atoms with Crippen LogP contribution in [0.25, 0.3) is 0 Å². The van der Waals surface area contributed by atoms with E-state index in [1.165, 1.54) is 11.8 Å². The summed E-state index contributed by atoms with van der Waals surface area (Å²) in [6.45, 7) is -0.0818. The SMILES string of the molecule is N#CC1=C(C#N)SC(CO)=CS1. The highest BCUT2D eigenvalue weighted by Gasteiger charge is 2.14. The van der Waals surface area contributed by atoms with Crippen LogP contribution in [0.3, 0.4) is 0 Å². The zero-order chi connectivity index (χ0) is 8.97. The van der Waals surface area contributed by atoms with Gasteiger partial charge in [-0.2, -0.15) is 10.5 Å². The lowest BCUT2D eigenvalue weighted by molar-refractivity contribution is 0.340. The molecule has 0 aromatic heterocycles. The number of nitrogens with zero attached hydrogens (tertiary/aromatic N) is 2. The summed E-state index contributed by atoms with van der Waals surface area (Å²) in [5.41, 5.74) is 0. The molecule has 1 N–H and O–H groups in total. The van der Waals surface area contributed by atoms with Crippen molar-refractivity contribution < 1.29 is 5.11 Å². The fourth-order valence-electron chi connectivity index (χ4n) is 0.600. The highest BCUT2D eigenvalue weighted by Crippen LogP contribution is 2.38. The van der Waals surface area contributed by atoms with E-state index in [9.17, 15) is 0 Å². The fraction of sp³-hybridized carbons (Fsp3) is 0.143. The quantitative estimate of drug-likeness (QED) is 0.689. The smallest absolute Gasteiger partial charge is 0.114 e. The van der Waals surface area contributed by atoms with Crippen molar-refractivity contribution in [2.24, 2.45) is 0 Å². The van der Waals surface area contributed by atoms with Gasteiger partial charge in [-0.05, 0) is 5.41 Å². The van der Waals surface area contributed by atoms with Crippen molar-refractivity contribution in [1.29, 1.82) is 10.5 Å². The Morgan fingerprint density at radius 2 is 2.00 bits per heavy atom. The summed E-state index contributed by atoms with van der Waals surface area (Å²) >= 11 is 2.33. The first-order valence-corrected chi connectivity index (χ1v) is 4.70. The van der Waals surface area contributed by atoms with E-state index in [0.29, 0.717) is 14.7 Å². The van der Waals surface area contributed by atoms with Crippen LogP contribution >= 0.6 is 23.5 Å². The second-order valence-electron chi connectivity index (χ2n) is 1.84. The molecule has 0 aromatic carbocycles. The first-order valence-electron chi connectivity index (χ1n) is 3.00. The lowest BCUT2D eigenvalue weighted by atomic mass is 10.5. The monoisotopic (exact) mass is 196 g/mol. The summed E-state index contributed by atoms with van der Waals surface area (Å²) in [5, 5.41) is 27.6. The van der Waals surface area contributed by atoms with E-state index in [2.05, 4.69) is 0 Å². The van der Waals surface area contributed by atoms with Crippen molar-refractivity contribution >= 4 is 23.5 Å². The minimum absolute atomic E-state index is 0.0818. The lowest BCUT2D eigenvalue weighted by Crippen LogP contribution is -1.91. The molecule has 0 fully saturated rings. The fourth-order valence-corrected chi connectivity index (χ4v) is 2.25. The molecule has 0 aromatic rings. The van der Waals surface area contributed by atoms with E-state index in [1.54, 1.807) is 5.41 Å². The van der Waals surface area contributed by atoms with Crippen LogP contribution in [0.15, 0.2) is 20.1 Å². The molecule has 0 amide bonds. The predicted octanol–water partition coefficient (Wildman–Crippen LogP) is 1.56. The van der Waals surface area contributed by atoms with Crippen LogP contribution in [0.4, 0.5) is 0 Å². The number of nitriles is 2. The van der Waals surface area contributed by atoms with Gasteiger partial charge in [0.25, 0.3) is 0 Å². The van der Waals surface area contributed by atoms with Gasteiger partial charge in [0.05, 0.1) is 6.61 Å². The molecule has 1 aliphatic heterocycles. The molecule has 1 heterocycles. The average Bonchev–Trinajstić information content (AvgIpc) is 2.16. The molecule has 1 aliphatic rings. The first kappa shape index (κ1) is 9.21. The molecule has 12 heavy (non-hydrogen) atoms. The van der Waals surface area contributed by atoms with Gasteiger partial charge in [-0.1, -0.05) is 23.5 Å². The van der Waals surface area contributed by atoms with E-state index >= 15 is 0 Å². The maximum atomic E-state index is 8.75. The lowest BCUT2D eigenvalue weighted by Gasteiger charge is -2.08. The Bertz CT molecular complexity index is 332. The average molecular weight is 196 g/mol. The van der Waals surface area contributed by atoms with Gasteiger partial charge >= 0.3 is 0 Å². The van der Waals surface area contributed by atoms with E-state index in [-0.39, 0.29) is 6.61 Å². The van der Waals surface area contributed by atoms with Crippen molar-refractivity contribution in [2.75, 3.05) is 6.61 Å². The third-order valence-corrected chi connectivity index (χ3v) is 3.33. The highest BCUT2D eigenvalue weighted by atomic mass is 32.2. The van der Waals surface area contributed by atoms with Crippen LogP contribution in [0.1, 0.15) is 0 Å². The molecule has 1 rings (SSSR count). The number of allylic oxidation sites excluding steroid dienone is 2. The standard InChI is InChI=1S/C7H4N2OS2/c8-1-6-7(2-9)12-5(3-10)4-11-6/h4,10H,3H2. The zero-order valence-electron chi connectivity index (χ0n) is 5.94. The van der Waals surface area contributed by atoms with Crippen molar-refractivity contribution in [3.63, 3.8) is 0 Å². The van der Waals surface area contributed by atoms with Crippen LogP contribution in [0.2, 0.25) is 0 Å². The van der Waals surface area contributed by atoms with Gasteiger partial charge in [-0.3, -0.25) is 0 Å². The Morgan fingerprint density at radius 1 is 1.33 bits per heavy atom. The molecule has 0 saturated heterocycles. The summed E-state index contributed by atoms with van der Waals surface area (Å²) in [6.07, 6.45) is 0. The van der Waals surface area contributed by atoms with Crippen LogP contribution < -0.4 is 0 Å². The third kappa shape index (κ3) is 1.83. The summed E-state index contributed by atoms with van der Waals surface area (Å²) in [7, 11) is 0. The molecule has 0 bridgehead atoms. The molecule has 60 valence electrons. The number of hydrogen-bond acceptors (Lipinski definition) is 5. The summed E-state index contributed by atoms with van der Waals surface area (Å²) in [6, 6.07) is 3.84. The van der Waals surface area contributed by atoms with E-state index in [1.807, 2.05) is 12.1 Å². The molecule has 5 heteroatoms. The topological polar surface area (TPSA) is 67.8 Å². The zero-order valence-corrected chi connectivity index (χ0v) is 7.58. The molecule has 0 aliphatic carbocycles. The first-order chi connectivity index (χ1) is 5.81. The van der Waals surface area contributed by atoms with Gasteiger partial charge in [0.1, 0.15) is 21.9 Å². The minimum Gasteiger partial charge on any atom is -0.391 e. The number of thioether (sulfide) groups is 2. The Balaban J connectivity index is 2.86. The largest absolute Gasteiger partial charge is 0.391 e. The molecular formula is C7H4N2OS2. The van der Waals surface area contributed by atoms with Gasteiger partial charge in [0.15, 0.2) is 0 Å². The van der Waals surface area contributed by atoms with Gasteiger partial charge < -0.3 is 5.11 Å². The summed E-state index contributed by atoms with van der Waals surface area (Å²) < 4.78 is 0. The predicted molar refractivity (Wildman–Crippen MR) is 48.6 cm³/mol. The van der Waals surface area contributed by atoms with Crippen molar-refractivity contribution in [3.05, 3.63) is 20.1 Å². The van der Waals surface area contributed by atoms with Gasteiger partial charge in [-0.15, -0.1) is 0 Å². The maximum absolute atomic E-state index is 8.75. The van der Waals surface area contributed by atoms with Crippen molar-refractivity contribution in [2.45, 2.75) is 0 Å². The molecule has 0 radical (unpaired) electrons. The Kier molecular flexibility index (Phi) is 3.24. The number of rotatable bonds is 1. The summed E-state index contributed by atoms with van der Waals surface area (Å²) in [5.74, 6) is 0. The number of hydrogen-bond donors (Lipinski definition) is 1. The van der Waals surface area contributed by atoms with Crippen molar-refractivity contribution in [3.8, 4) is 12.1 Å². The van der Waals surface area contributed by atoms with E-state index < -0.39 is 0 Å². The molecule has 3 nitrogen and oxygen atoms in total. The molecule has 0 saturated carbocycles. The van der Waals surface area contributed by atoms with E-state index in [4.69, 9.17) is 15.6 Å². The second-order valence-corrected chi connectivity index (χ2v) is 3.86. The van der Waals surface area contributed by atoms with Gasteiger partial charge in [0, 0.05) is 4.91 Å². The van der Waals surface area contributed by atoms with Crippen LogP contribution in [0, 0.1) is 22.7 Å². The summed E-state index contributed by atoms with van der Waals surface area (Å²) in [4.78, 5) is 1.48. The highest BCUT2D eigenvalue weighted by molar-refractivity contribution is 8.13. The molecule has 0 spiro atoms. The van der Waals surface area contributed by atoms with Crippen LogP contribution in [-0.2, 0) is 0 Å². The Morgan fingerprint density at radius 3 is 2.50 bits per heavy atom. The van der Waals surface area contributed by atoms with Crippen LogP contribution in [-0.4, -0.2) is 11.7 Å². The maximum Gasteiger partial charge on any atom is 0.114 e. The molecule has 0 unspecified atom stereocenters. The van der Waals surface area contributed by atoms with Crippen LogP contribution in [0.5, 0.6) is 0 Å². The Hall–Kier alpha value is -0.880. The van der Waals surface area contributed by atoms with Gasteiger partial charge in [0.2, 0.25) is 0 Å². The number of aliphatic hydroxyl groups excluding tert-OH is 1. The second kappa shape index (κ2) is 4.22. The van der Waals surface area contributed by atoms with Crippen molar-refractivity contribution in [1.82, 2.24) is 0 Å².